The summed E-state index contributed by atoms with van der Waals surface area (Å²) in [6.45, 7) is 18.7. The minimum atomic E-state index is -0.997. The molecule has 6 aliphatic carbocycles. The lowest BCUT2D eigenvalue weighted by Crippen LogP contribution is -2.65. The molecule has 6 saturated carbocycles. The van der Waals surface area contributed by atoms with E-state index in [0.29, 0.717) is 35.7 Å². The molecule has 0 spiro atoms. The van der Waals surface area contributed by atoms with E-state index in [-0.39, 0.29) is 6.79 Å². The van der Waals surface area contributed by atoms with Crippen LogP contribution in [0.3, 0.4) is 0 Å². The molecule has 0 aliphatic heterocycles. The fourth-order valence-electron chi connectivity index (χ4n) is 9.73. The smallest absolute Gasteiger partial charge is 0.188 e. The Kier molecular flexibility index (Phi) is 7.61. The van der Waals surface area contributed by atoms with E-state index >= 15 is 0 Å². The highest BCUT2D eigenvalue weighted by Crippen LogP contribution is 2.72. The van der Waals surface area contributed by atoms with Crippen molar-refractivity contribution in [2.45, 2.75) is 92.1 Å². The van der Waals surface area contributed by atoms with E-state index in [2.05, 4.69) is 54.5 Å². The van der Waals surface area contributed by atoms with Gasteiger partial charge in [0.1, 0.15) is 6.35 Å². The van der Waals surface area contributed by atoms with Crippen LogP contribution in [-0.4, -0.2) is 40.6 Å². The Morgan fingerprint density at radius 2 is 1.38 bits per heavy atom. The molecule has 6 fully saturated rings. The van der Waals surface area contributed by atoms with Gasteiger partial charge in [0.05, 0.1) is 19.0 Å². The summed E-state index contributed by atoms with van der Waals surface area (Å²) in [4.78, 5) is 0. The monoisotopic (exact) mass is 475 g/mol. The molecule has 0 aromatic rings. The van der Waals surface area contributed by atoms with E-state index in [1.807, 2.05) is 7.11 Å². The molecule has 0 amide bonds. The van der Waals surface area contributed by atoms with Crippen LogP contribution in [0.4, 0.5) is 0 Å². The maximum absolute atomic E-state index is 6.85. The Balaban J connectivity index is 1.56. The normalized spacial score (nSPS) is 40.3. The van der Waals surface area contributed by atoms with Crippen molar-refractivity contribution in [2.75, 3.05) is 34.2 Å². The number of rotatable bonds is 11. The second-order valence-corrected chi connectivity index (χ2v) is 13.8. The molecular weight excluding hydrogens is 423 g/mol. The highest BCUT2D eigenvalue weighted by Gasteiger charge is 2.63. The number of fused-ring (bicyclic) bond motifs is 4. The molecule has 0 aromatic heterocycles. The molecule has 6 aliphatic rings. The summed E-state index contributed by atoms with van der Waals surface area (Å²) in [6.07, 6.45) is 7.88. The van der Waals surface area contributed by atoms with E-state index in [1.165, 1.54) is 25.7 Å². The summed E-state index contributed by atoms with van der Waals surface area (Å²) in [6, 6.07) is 0. The van der Waals surface area contributed by atoms with Crippen LogP contribution in [0.1, 0.15) is 74.1 Å². The molecule has 8 atom stereocenters. The van der Waals surface area contributed by atoms with Gasteiger partial charge in [-0.05, 0) is 61.4 Å². The first-order valence-electron chi connectivity index (χ1n) is 14.1. The molecule has 34 heavy (non-hydrogen) atoms. The van der Waals surface area contributed by atoms with E-state index in [0.717, 1.165) is 47.6 Å². The predicted molar refractivity (Wildman–Crippen MR) is 141 cm³/mol. The average Bonchev–Trinajstić information content (AvgIpc) is 2.80. The standard InChI is InChI=1S/C29H52BO4/c1-19(34-18-33-13-12-31-8)10-11-30(32-9,26-16-22-14-24(20(26)2)28(22,4)5)27-17-23-15-25(21(27)3)29(23,6)7/h10,20-27H,11-18H2,1-9H3/q-1/b19-10-/t20-,21-,22+,23+,24-,25-,26-,27-/m1/s1. The maximum atomic E-state index is 6.85. The number of ether oxygens (including phenoxy) is 3. The van der Waals surface area contributed by atoms with E-state index < -0.39 is 6.35 Å². The first-order valence-corrected chi connectivity index (χ1v) is 14.1. The highest BCUT2D eigenvalue weighted by atomic mass is 16.7. The molecule has 6 rings (SSSR count). The lowest BCUT2D eigenvalue weighted by atomic mass is 9.15. The molecule has 4 nitrogen and oxygen atoms in total. The molecule has 4 bridgehead atoms. The lowest BCUT2D eigenvalue weighted by Gasteiger charge is -2.72. The van der Waals surface area contributed by atoms with Gasteiger partial charge in [0.2, 0.25) is 0 Å². The van der Waals surface area contributed by atoms with Gasteiger partial charge in [-0.3, -0.25) is 0 Å². The van der Waals surface area contributed by atoms with Crippen molar-refractivity contribution in [2.24, 2.45) is 46.3 Å². The van der Waals surface area contributed by atoms with E-state index in [9.17, 15) is 0 Å². The van der Waals surface area contributed by atoms with Crippen LogP contribution in [0.25, 0.3) is 0 Å². The quantitative estimate of drug-likeness (QED) is 0.136. The van der Waals surface area contributed by atoms with Gasteiger partial charge in [-0.2, -0.15) is 0 Å². The largest absolute Gasteiger partial charge is 0.592 e. The number of hydrogen-bond acceptors (Lipinski definition) is 4. The van der Waals surface area contributed by atoms with Gasteiger partial charge in [0.15, 0.2) is 6.79 Å². The molecule has 0 radical (unpaired) electrons. The Labute approximate surface area is 209 Å². The fourth-order valence-corrected chi connectivity index (χ4v) is 9.73. The molecule has 0 unspecified atom stereocenters. The Hall–Kier alpha value is -0.515. The lowest BCUT2D eigenvalue weighted by molar-refractivity contribution is -0.113. The van der Waals surface area contributed by atoms with Crippen molar-refractivity contribution in [3.63, 3.8) is 0 Å². The summed E-state index contributed by atoms with van der Waals surface area (Å²) in [5, 5.41) is 0. The maximum Gasteiger partial charge on any atom is 0.188 e. The molecule has 196 valence electrons. The van der Waals surface area contributed by atoms with Gasteiger partial charge < -0.3 is 18.9 Å². The third-order valence-electron chi connectivity index (χ3n) is 12.3. The Morgan fingerprint density at radius 3 is 1.79 bits per heavy atom. The number of methoxy groups -OCH3 is 1. The fraction of sp³-hybridized carbons (Fsp3) is 0.931. The second kappa shape index (κ2) is 9.74. The highest BCUT2D eigenvalue weighted by molar-refractivity contribution is 6.77. The van der Waals surface area contributed by atoms with E-state index in [1.54, 1.807) is 7.11 Å². The van der Waals surface area contributed by atoms with Crippen molar-refractivity contribution in [3.05, 3.63) is 11.8 Å². The van der Waals surface area contributed by atoms with Crippen LogP contribution in [0.15, 0.2) is 11.8 Å². The topological polar surface area (TPSA) is 36.9 Å². The van der Waals surface area contributed by atoms with E-state index in [4.69, 9.17) is 18.9 Å². The van der Waals surface area contributed by atoms with Crippen molar-refractivity contribution in [1.29, 1.82) is 0 Å². The van der Waals surface area contributed by atoms with Crippen LogP contribution in [-0.2, 0) is 18.9 Å². The SMILES string of the molecule is COCCOCO/C(C)=C\C[B-](OC)([C@@H]1C[C@@H]2C[C@H]([C@H]1C)C2(C)C)[C@@H]1C[C@@H]2C[C@H]([C@H]1C)C2(C)C. The third-order valence-corrected chi connectivity index (χ3v) is 12.3. The van der Waals surface area contributed by atoms with Gasteiger partial charge in [0.25, 0.3) is 0 Å². The average molecular weight is 476 g/mol. The zero-order valence-corrected chi connectivity index (χ0v) is 23.6. The summed E-state index contributed by atoms with van der Waals surface area (Å²) in [5.41, 5.74) is 1.00. The zero-order valence-electron chi connectivity index (χ0n) is 23.6. The Bertz CT molecular complexity index is 704. The van der Waals surface area contributed by atoms with Crippen molar-refractivity contribution in [1.82, 2.24) is 0 Å². The van der Waals surface area contributed by atoms with Crippen molar-refractivity contribution < 1.29 is 18.9 Å². The third kappa shape index (κ3) is 4.20. The Morgan fingerprint density at radius 1 is 0.853 bits per heavy atom. The molecule has 0 N–H and O–H groups in total. The van der Waals surface area contributed by atoms with Crippen LogP contribution in [0.2, 0.25) is 18.0 Å². The number of hydrogen-bond donors (Lipinski definition) is 0. The van der Waals surface area contributed by atoms with Crippen LogP contribution in [0, 0.1) is 46.3 Å². The van der Waals surface area contributed by atoms with Gasteiger partial charge in [0, 0.05) is 7.11 Å². The first-order chi connectivity index (χ1) is 16.0. The summed E-state index contributed by atoms with van der Waals surface area (Å²) < 4.78 is 23.4. The first kappa shape index (κ1) is 26.5. The van der Waals surface area contributed by atoms with Crippen LogP contribution < -0.4 is 0 Å². The summed E-state index contributed by atoms with van der Waals surface area (Å²) >= 11 is 0. The predicted octanol–water partition coefficient (Wildman–Crippen LogP) is 7.26. The summed E-state index contributed by atoms with van der Waals surface area (Å²) in [7, 11) is 3.73. The minimum absolute atomic E-state index is 0.287. The minimum Gasteiger partial charge on any atom is -0.592 e. The van der Waals surface area contributed by atoms with Gasteiger partial charge in [-0.1, -0.05) is 72.3 Å². The molecular formula is C29H52BO4-. The molecule has 0 heterocycles. The second-order valence-electron chi connectivity index (χ2n) is 13.8. The number of allylic oxidation sites excluding steroid dienone is 2. The molecule has 0 aromatic carbocycles. The molecule has 0 saturated heterocycles. The summed E-state index contributed by atoms with van der Waals surface area (Å²) in [5.74, 6) is 7.17. The van der Waals surface area contributed by atoms with Crippen LogP contribution in [0.5, 0.6) is 0 Å². The van der Waals surface area contributed by atoms with Gasteiger partial charge >= 0.3 is 0 Å². The van der Waals surface area contributed by atoms with Crippen LogP contribution >= 0.6 is 0 Å². The van der Waals surface area contributed by atoms with Crippen molar-refractivity contribution in [3.8, 4) is 0 Å². The van der Waals surface area contributed by atoms with Crippen molar-refractivity contribution >= 4 is 6.35 Å². The van der Waals surface area contributed by atoms with Gasteiger partial charge in [-0.25, -0.2) is 0 Å². The molecule has 5 heteroatoms. The van der Waals surface area contributed by atoms with Gasteiger partial charge in [-0.15, -0.1) is 18.0 Å². The zero-order chi connectivity index (χ0) is 24.9.